The molecule has 2 fully saturated rings. The molecule has 1 aliphatic heterocycles. The van der Waals surface area contributed by atoms with Gasteiger partial charge in [-0.3, -0.25) is 0 Å². The lowest BCUT2D eigenvalue weighted by Crippen LogP contribution is -2.31. The minimum absolute atomic E-state index is 0.400. The maximum absolute atomic E-state index is 5.37. The first kappa shape index (κ1) is 10.3. The quantitative estimate of drug-likeness (QED) is 0.788. The van der Waals surface area contributed by atoms with Crippen LogP contribution >= 0.6 is 0 Å². The molecule has 0 amide bonds. The zero-order chi connectivity index (χ0) is 11.0. The predicted molar refractivity (Wildman–Crippen MR) is 60.2 cm³/mol. The first-order valence-electron chi connectivity index (χ1n) is 6.31. The molecule has 1 unspecified atom stereocenters. The van der Waals surface area contributed by atoms with Crippen LogP contribution in [0.3, 0.4) is 0 Å². The summed E-state index contributed by atoms with van der Waals surface area (Å²) in [6.45, 7) is 4.02. The molecule has 1 saturated heterocycles. The molecule has 1 aromatic heterocycles. The van der Waals surface area contributed by atoms with E-state index in [1.54, 1.807) is 0 Å². The van der Waals surface area contributed by atoms with Crippen molar-refractivity contribution in [2.24, 2.45) is 5.41 Å². The average molecular weight is 221 g/mol. The monoisotopic (exact) mass is 221 g/mol. The van der Waals surface area contributed by atoms with E-state index in [1.807, 2.05) is 6.92 Å². The van der Waals surface area contributed by atoms with Crippen LogP contribution in [-0.4, -0.2) is 23.2 Å². The maximum atomic E-state index is 5.37. The fraction of sp³-hybridized carbons (Fsp3) is 0.833. The molecule has 4 heteroatoms. The third-order valence-electron chi connectivity index (χ3n) is 4.26. The third kappa shape index (κ3) is 1.56. The number of aryl methyl sites for hydroxylation is 1. The second kappa shape index (κ2) is 3.84. The van der Waals surface area contributed by atoms with Gasteiger partial charge in [0.25, 0.3) is 0 Å². The van der Waals surface area contributed by atoms with Gasteiger partial charge in [0.05, 0.1) is 5.92 Å². The molecule has 4 nitrogen and oxygen atoms in total. The molecular formula is C12H19N3O. The van der Waals surface area contributed by atoms with Crippen molar-refractivity contribution >= 4 is 0 Å². The van der Waals surface area contributed by atoms with Gasteiger partial charge in [0, 0.05) is 13.1 Å². The number of hydrogen-bond donors (Lipinski definition) is 1. The van der Waals surface area contributed by atoms with Gasteiger partial charge in [-0.15, -0.1) is 0 Å². The summed E-state index contributed by atoms with van der Waals surface area (Å²) < 4.78 is 5.37. The molecule has 1 spiro atoms. The highest BCUT2D eigenvalue weighted by molar-refractivity contribution is 5.09. The van der Waals surface area contributed by atoms with E-state index < -0.39 is 0 Å². The van der Waals surface area contributed by atoms with E-state index in [-0.39, 0.29) is 0 Å². The van der Waals surface area contributed by atoms with Gasteiger partial charge < -0.3 is 9.84 Å². The smallest absolute Gasteiger partial charge is 0.231 e. The van der Waals surface area contributed by atoms with Crippen LogP contribution in [0.1, 0.15) is 49.7 Å². The summed E-state index contributed by atoms with van der Waals surface area (Å²) in [6.07, 6.45) is 6.71. The van der Waals surface area contributed by atoms with Gasteiger partial charge >= 0.3 is 0 Å². The van der Waals surface area contributed by atoms with Gasteiger partial charge in [0.2, 0.25) is 5.89 Å². The lowest BCUT2D eigenvalue weighted by atomic mass is 9.67. The Morgan fingerprint density at radius 3 is 2.81 bits per heavy atom. The molecule has 1 N–H and O–H groups in total. The molecule has 2 heterocycles. The van der Waals surface area contributed by atoms with Crippen molar-refractivity contribution in [1.29, 1.82) is 0 Å². The van der Waals surface area contributed by atoms with Gasteiger partial charge in [-0.2, -0.15) is 4.98 Å². The molecule has 1 aromatic rings. The molecule has 0 aromatic carbocycles. The average Bonchev–Trinajstić information content (AvgIpc) is 2.87. The highest BCUT2D eigenvalue weighted by Gasteiger charge is 2.46. The fourth-order valence-corrected chi connectivity index (χ4v) is 3.39. The molecule has 0 bridgehead atoms. The standard InChI is InChI=1S/C12H19N3O/c1-9-14-11(16-15-9)10-7-13-8-12(10)5-3-2-4-6-12/h10,13H,2-8H2,1H3. The zero-order valence-corrected chi connectivity index (χ0v) is 9.83. The van der Waals surface area contributed by atoms with Crippen LogP contribution in [0.4, 0.5) is 0 Å². The highest BCUT2D eigenvalue weighted by atomic mass is 16.5. The largest absolute Gasteiger partial charge is 0.339 e. The van der Waals surface area contributed by atoms with Crippen LogP contribution in [0.5, 0.6) is 0 Å². The van der Waals surface area contributed by atoms with E-state index in [1.165, 1.54) is 32.1 Å². The summed E-state index contributed by atoms with van der Waals surface area (Å²) in [4.78, 5) is 4.42. The van der Waals surface area contributed by atoms with Crippen molar-refractivity contribution in [1.82, 2.24) is 15.5 Å². The van der Waals surface area contributed by atoms with Crippen molar-refractivity contribution in [2.45, 2.75) is 44.9 Å². The lowest BCUT2D eigenvalue weighted by molar-refractivity contribution is 0.165. The van der Waals surface area contributed by atoms with Crippen LogP contribution in [0.15, 0.2) is 4.52 Å². The van der Waals surface area contributed by atoms with Crippen LogP contribution in [0, 0.1) is 12.3 Å². The van der Waals surface area contributed by atoms with Crippen molar-refractivity contribution in [3.8, 4) is 0 Å². The molecule has 0 radical (unpaired) electrons. The van der Waals surface area contributed by atoms with Crippen molar-refractivity contribution < 1.29 is 4.52 Å². The summed E-state index contributed by atoms with van der Waals surface area (Å²) in [5.74, 6) is 2.05. The Kier molecular flexibility index (Phi) is 2.46. The summed E-state index contributed by atoms with van der Waals surface area (Å²) in [5, 5.41) is 7.44. The number of aromatic nitrogens is 2. The summed E-state index contributed by atoms with van der Waals surface area (Å²) in [7, 11) is 0. The predicted octanol–water partition coefficient (Wildman–Crippen LogP) is 2.02. The van der Waals surface area contributed by atoms with Gasteiger partial charge in [-0.05, 0) is 25.2 Å². The number of nitrogens with zero attached hydrogens (tertiary/aromatic N) is 2. The number of hydrogen-bond acceptors (Lipinski definition) is 4. The Morgan fingerprint density at radius 2 is 2.12 bits per heavy atom. The van der Waals surface area contributed by atoms with Gasteiger partial charge in [-0.25, -0.2) is 0 Å². The fourth-order valence-electron chi connectivity index (χ4n) is 3.39. The number of rotatable bonds is 1. The van der Waals surface area contributed by atoms with Crippen LogP contribution < -0.4 is 5.32 Å². The zero-order valence-electron chi connectivity index (χ0n) is 9.83. The second-order valence-corrected chi connectivity index (χ2v) is 5.29. The Balaban J connectivity index is 1.88. The highest BCUT2D eigenvalue weighted by Crippen LogP contribution is 2.48. The molecule has 1 atom stereocenters. The van der Waals surface area contributed by atoms with Crippen LogP contribution in [0.25, 0.3) is 0 Å². The van der Waals surface area contributed by atoms with Crippen molar-refractivity contribution in [3.05, 3.63) is 11.7 Å². The van der Waals surface area contributed by atoms with E-state index in [4.69, 9.17) is 4.52 Å². The van der Waals surface area contributed by atoms with E-state index >= 15 is 0 Å². The first-order valence-corrected chi connectivity index (χ1v) is 6.31. The molecule has 88 valence electrons. The summed E-state index contributed by atoms with van der Waals surface area (Å²) >= 11 is 0. The summed E-state index contributed by atoms with van der Waals surface area (Å²) in [6, 6.07) is 0. The SMILES string of the molecule is Cc1noc(C2CNCC23CCCCC3)n1. The second-order valence-electron chi connectivity index (χ2n) is 5.29. The third-order valence-corrected chi connectivity index (χ3v) is 4.26. The molecule has 2 aliphatic rings. The topological polar surface area (TPSA) is 51.0 Å². The number of nitrogens with one attached hydrogen (secondary N) is 1. The molecule has 1 aliphatic carbocycles. The maximum Gasteiger partial charge on any atom is 0.231 e. The Bertz CT molecular complexity index is 368. The Labute approximate surface area is 95.8 Å². The molecular weight excluding hydrogens is 202 g/mol. The van der Waals surface area contributed by atoms with Crippen LogP contribution in [-0.2, 0) is 0 Å². The van der Waals surface area contributed by atoms with E-state index in [0.717, 1.165) is 24.8 Å². The first-order chi connectivity index (χ1) is 7.80. The lowest BCUT2D eigenvalue weighted by Gasteiger charge is -2.36. The Hall–Kier alpha value is -0.900. The van der Waals surface area contributed by atoms with Gasteiger partial charge in [-0.1, -0.05) is 24.4 Å². The molecule has 3 rings (SSSR count). The van der Waals surface area contributed by atoms with Gasteiger partial charge in [0.1, 0.15) is 0 Å². The summed E-state index contributed by atoms with van der Waals surface area (Å²) in [5.41, 5.74) is 0.400. The van der Waals surface area contributed by atoms with Crippen LogP contribution in [0.2, 0.25) is 0 Å². The van der Waals surface area contributed by atoms with E-state index in [0.29, 0.717) is 11.3 Å². The Morgan fingerprint density at radius 1 is 1.31 bits per heavy atom. The normalized spacial score (nSPS) is 28.7. The van der Waals surface area contributed by atoms with E-state index in [2.05, 4.69) is 15.5 Å². The molecule has 1 saturated carbocycles. The van der Waals surface area contributed by atoms with E-state index in [9.17, 15) is 0 Å². The van der Waals surface area contributed by atoms with Gasteiger partial charge in [0.15, 0.2) is 5.82 Å². The van der Waals surface area contributed by atoms with Crippen molar-refractivity contribution in [2.75, 3.05) is 13.1 Å². The van der Waals surface area contributed by atoms with Crippen molar-refractivity contribution in [3.63, 3.8) is 0 Å². The molecule has 16 heavy (non-hydrogen) atoms. The minimum Gasteiger partial charge on any atom is -0.339 e. The minimum atomic E-state index is 0.400.